The summed E-state index contributed by atoms with van der Waals surface area (Å²) in [6, 6.07) is 9.12. The van der Waals surface area contributed by atoms with Crippen molar-refractivity contribution in [2.45, 2.75) is 57.5 Å². The van der Waals surface area contributed by atoms with Crippen LogP contribution in [0.15, 0.2) is 24.3 Å². The molecule has 7 nitrogen and oxygen atoms in total. The number of benzene rings is 1. The van der Waals surface area contributed by atoms with E-state index in [0.717, 1.165) is 50.6 Å². The highest BCUT2D eigenvalue weighted by atomic mass is 16.2. The third-order valence-electron chi connectivity index (χ3n) is 5.52. The Morgan fingerprint density at radius 1 is 1.11 bits per heavy atom. The Labute approximate surface area is 163 Å². The fourth-order valence-electron chi connectivity index (χ4n) is 4.09. The summed E-state index contributed by atoms with van der Waals surface area (Å²) in [4.78, 5) is 30.1. The molecule has 0 bridgehead atoms. The van der Waals surface area contributed by atoms with E-state index in [-0.39, 0.29) is 17.8 Å². The number of rotatable bonds is 4. The number of carbonyl (C=O) groups is 2. The van der Waals surface area contributed by atoms with E-state index in [1.54, 1.807) is 24.3 Å². The van der Waals surface area contributed by atoms with Gasteiger partial charge in [0.1, 0.15) is 11.8 Å². The number of hydrogen-bond acceptors (Lipinski definition) is 4. The lowest BCUT2D eigenvalue weighted by molar-refractivity contribution is 0.0931. The van der Waals surface area contributed by atoms with E-state index in [9.17, 15) is 14.9 Å². The van der Waals surface area contributed by atoms with E-state index in [1.165, 1.54) is 0 Å². The molecule has 2 aliphatic rings. The highest BCUT2D eigenvalue weighted by molar-refractivity contribution is 6.04. The zero-order valence-electron chi connectivity index (χ0n) is 15.7. The first kappa shape index (κ1) is 18.2. The van der Waals surface area contributed by atoms with Crippen molar-refractivity contribution in [1.82, 2.24) is 14.9 Å². The Kier molecular flexibility index (Phi) is 5.11. The Hall–Kier alpha value is -3.14. The largest absolute Gasteiger partial charge is 0.348 e. The maximum Gasteiger partial charge on any atom is 0.291 e. The van der Waals surface area contributed by atoms with Crippen LogP contribution in [0.5, 0.6) is 0 Å². The molecule has 1 saturated carbocycles. The standard InChI is InChI=1S/C21H23N5O2/c22-13-14-7-1-4-10-16(14)24-21(28)19-25-18(17-11-5-6-12-26(17)19)20(27)23-15-8-2-3-9-15/h1,4,7,10,15H,2-3,5-6,8-9,11-12H2,(H,23,27)(H,24,28). The summed E-state index contributed by atoms with van der Waals surface area (Å²) >= 11 is 0. The van der Waals surface area contributed by atoms with Gasteiger partial charge in [-0.2, -0.15) is 5.26 Å². The van der Waals surface area contributed by atoms with E-state index in [1.807, 2.05) is 4.57 Å². The van der Waals surface area contributed by atoms with Gasteiger partial charge in [-0.25, -0.2) is 4.98 Å². The number of nitriles is 1. The van der Waals surface area contributed by atoms with Crippen molar-refractivity contribution in [3.05, 3.63) is 47.0 Å². The molecule has 2 amide bonds. The average Bonchev–Trinajstić information content (AvgIpc) is 3.36. The van der Waals surface area contributed by atoms with Crippen LogP contribution in [0.25, 0.3) is 0 Å². The first-order valence-corrected chi connectivity index (χ1v) is 9.88. The van der Waals surface area contributed by atoms with Crippen LogP contribution in [-0.4, -0.2) is 27.4 Å². The topological polar surface area (TPSA) is 99.8 Å². The second kappa shape index (κ2) is 7.85. The van der Waals surface area contributed by atoms with E-state index < -0.39 is 5.91 Å². The van der Waals surface area contributed by atoms with Gasteiger partial charge in [-0.05, 0) is 44.2 Å². The second-order valence-corrected chi connectivity index (χ2v) is 7.41. The van der Waals surface area contributed by atoms with Gasteiger partial charge in [0.2, 0.25) is 0 Å². The highest BCUT2D eigenvalue weighted by Crippen LogP contribution is 2.24. The number of amides is 2. The molecule has 0 atom stereocenters. The third kappa shape index (κ3) is 3.50. The van der Waals surface area contributed by atoms with Crippen LogP contribution in [-0.2, 0) is 13.0 Å². The molecule has 2 N–H and O–H groups in total. The van der Waals surface area contributed by atoms with Crippen LogP contribution in [0.2, 0.25) is 0 Å². The molecule has 2 heterocycles. The fraction of sp³-hybridized carbons (Fsp3) is 0.429. The van der Waals surface area contributed by atoms with Gasteiger partial charge < -0.3 is 15.2 Å². The molecule has 4 rings (SSSR count). The molecule has 0 radical (unpaired) electrons. The fourth-order valence-corrected chi connectivity index (χ4v) is 4.09. The van der Waals surface area contributed by atoms with Gasteiger partial charge in [-0.15, -0.1) is 0 Å². The van der Waals surface area contributed by atoms with Gasteiger partial charge in [0.15, 0.2) is 5.82 Å². The minimum atomic E-state index is -0.397. The summed E-state index contributed by atoms with van der Waals surface area (Å²) in [7, 11) is 0. The van der Waals surface area contributed by atoms with E-state index in [0.29, 0.717) is 23.5 Å². The number of imidazole rings is 1. The Bertz CT molecular complexity index is 950. The van der Waals surface area contributed by atoms with Crippen molar-refractivity contribution in [2.75, 3.05) is 5.32 Å². The summed E-state index contributed by atoms with van der Waals surface area (Å²) in [6.45, 7) is 0.668. The number of fused-ring (bicyclic) bond motifs is 1. The second-order valence-electron chi connectivity index (χ2n) is 7.41. The number of aromatic nitrogens is 2. The van der Waals surface area contributed by atoms with Gasteiger partial charge >= 0.3 is 0 Å². The number of nitrogens with zero attached hydrogens (tertiary/aromatic N) is 3. The lowest BCUT2D eigenvalue weighted by Crippen LogP contribution is -2.33. The molecular weight excluding hydrogens is 354 g/mol. The molecule has 144 valence electrons. The molecule has 2 aromatic rings. The zero-order chi connectivity index (χ0) is 19.5. The highest BCUT2D eigenvalue weighted by Gasteiger charge is 2.29. The minimum absolute atomic E-state index is 0.186. The molecule has 1 aromatic carbocycles. The lowest BCUT2D eigenvalue weighted by Gasteiger charge is -2.17. The molecule has 0 saturated heterocycles. The van der Waals surface area contributed by atoms with Gasteiger partial charge in [0.25, 0.3) is 11.8 Å². The molecule has 1 fully saturated rings. The predicted octanol–water partition coefficient (Wildman–Crippen LogP) is 3.02. The van der Waals surface area contributed by atoms with Crippen LogP contribution in [0.3, 0.4) is 0 Å². The van der Waals surface area contributed by atoms with Crippen LogP contribution >= 0.6 is 0 Å². The average molecular weight is 377 g/mol. The van der Waals surface area contributed by atoms with Gasteiger partial charge in [0.05, 0.1) is 16.9 Å². The van der Waals surface area contributed by atoms with Gasteiger partial charge in [0, 0.05) is 12.6 Å². The quantitative estimate of drug-likeness (QED) is 0.855. The molecule has 1 aromatic heterocycles. The molecule has 0 unspecified atom stereocenters. The number of nitrogens with one attached hydrogen (secondary N) is 2. The van der Waals surface area contributed by atoms with E-state index >= 15 is 0 Å². The van der Waals surface area contributed by atoms with Crippen molar-refractivity contribution in [2.24, 2.45) is 0 Å². The zero-order valence-corrected chi connectivity index (χ0v) is 15.7. The minimum Gasteiger partial charge on any atom is -0.348 e. The first-order chi connectivity index (χ1) is 13.7. The van der Waals surface area contributed by atoms with E-state index in [4.69, 9.17) is 0 Å². The summed E-state index contributed by atoms with van der Waals surface area (Å²) in [6.07, 6.45) is 6.94. The smallest absolute Gasteiger partial charge is 0.291 e. The molecular formula is C21H23N5O2. The maximum atomic E-state index is 12.9. The van der Waals surface area contributed by atoms with Gasteiger partial charge in [-0.3, -0.25) is 9.59 Å². The van der Waals surface area contributed by atoms with Crippen molar-refractivity contribution in [3.63, 3.8) is 0 Å². The SMILES string of the molecule is N#Cc1ccccc1NC(=O)c1nc(C(=O)NC2CCCC2)c2n1CCCC2. The lowest BCUT2D eigenvalue weighted by atomic mass is 10.1. The van der Waals surface area contributed by atoms with Crippen molar-refractivity contribution in [3.8, 4) is 6.07 Å². The van der Waals surface area contributed by atoms with Crippen molar-refractivity contribution >= 4 is 17.5 Å². The maximum absolute atomic E-state index is 12.9. The molecule has 1 aliphatic heterocycles. The van der Waals surface area contributed by atoms with Crippen LogP contribution in [0, 0.1) is 11.3 Å². The monoisotopic (exact) mass is 377 g/mol. The predicted molar refractivity (Wildman–Crippen MR) is 104 cm³/mol. The Balaban J connectivity index is 1.61. The third-order valence-corrected chi connectivity index (χ3v) is 5.52. The number of carbonyl (C=O) groups excluding carboxylic acids is 2. The molecule has 7 heteroatoms. The summed E-state index contributed by atoms with van der Waals surface area (Å²) in [5, 5.41) is 15.1. The number of hydrogen-bond donors (Lipinski definition) is 2. The van der Waals surface area contributed by atoms with Crippen LogP contribution < -0.4 is 10.6 Å². The summed E-state index contributed by atoms with van der Waals surface area (Å²) in [5.74, 6) is -0.348. The Morgan fingerprint density at radius 2 is 1.89 bits per heavy atom. The molecule has 1 aliphatic carbocycles. The summed E-state index contributed by atoms with van der Waals surface area (Å²) < 4.78 is 1.86. The first-order valence-electron chi connectivity index (χ1n) is 9.88. The van der Waals surface area contributed by atoms with Crippen molar-refractivity contribution in [1.29, 1.82) is 5.26 Å². The summed E-state index contributed by atoms with van der Waals surface area (Å²) in [5.41, 5.74) is 2.03. The van der Waals surface area contributed by atoms with Gasteiger partial charge in [-0.1, -0.05) is 25.0 Å². The molecule has 0 spiro atoms. The van der Waals surface area contributed by atoms with Crippen LogP contribution in [0.1, 0.15) is 70.9 Å². The van der Waals surface area contributed by atoms with Crippen LogP contribution in [0.4, 0.5) is 5.69 Å². The normalized spacial score (nSPS) is 16.2. The van der Waals surface area contributed by atoms with E-state index in [2.05, 4.69) is 21.7 Å². The number of anilines is 1. The van der Waals surface area contributed by atoms with Crippen molar-refractivity contribution < 1.29 is 9.59 Å². The number of para-hydroxylation sites is 1. The molecule has 28 heavy (non-hydrogen) atoms. The Morgan fingerprint density at radius 3 is 2.68 bits per heavy atom.